The highest BCUT2D eigenvalue weighted by Crippen LogP contribution is 2.35. The van der Waals surface area contributed by atoms with Crippen molar-refractivity contribution in [2.75, 3.05) is 14.2 Å². The molecule has 0 bridgehead atoms. The van der Waals surface area contributed by atoms with Crippen LogP contribution in [0.1, 0.15) is 22.3 Å². The number of methoxy groups -OCH3 is 1. The van der Waals surface area contributed by atoms with Crippen molar-refractivity contribution in [3.63, 3.8) is 0 Å². The van der Waals surface area contributed by atoms with Crippen LogP contribution in [0.2, 0.25) is 5.02 Å². The first-order valence-corrected chi connectivity index (χ1v) is 5.79. The first-order valence-electron chi connectivity index (χ1n) is 5.01. The summed E-state index contributed by atoms with van der Waals surface area (Å²) in [5.74, 6) is 0.804. The SMILES string of the molecule is CNC(=S)c1c(C)c(Cl)c(C)c(C)c1OC. The van der Waals surface area contributed by atoms with Crippen LogP contribution in [0.4, 0.5) is 0 Å². The van der Waals surface area contributed by atoms with Gasteiger partial charge in [0.15, 0.2) is 0 Å². The van der Waals surface area contributed by atoms with Crippen molar-refractivity contribution >= 4 is 28.8 Å². The van der Waals surface area contributed by atoms with Gasteiger partial charge in [0.25, 0.3) is 0 Å². The van der Waals surface area contributed by atoms with Crippen LogP contribution in [-0.2, 0) is 0 Å². The molecule has 0 atom stereocenters. The number of hydrogen-bond acceptors (Lipinski definition) is 2. The Labute approximate surface area is 107 Å². The van der Waals surface area contributed by atoms with Gasteiger partial charge in [0, 0.05) is 12.1 Å². The van der Waals surface area contributed by atoms with Crippen molar-refractivity contribution in [3.8, 4) is 5.75 Å². The van der Waals surface area contributed by atoms with E-state index in [1.165, 1.54) is 0 Å². The Kier molecular flexibility index (Phi) is 4.16. The molecule has 0 amide bonds. The molecule has 0 unspecified atom stereocenters. The average Bonchev–Trinajstić information content (AvgIpc) is 2.29. The normalized spacial score (nSPS) is 10.1. The highest BCUT2D eigenvalue weighted by Gasteiger charge is 2.19. The van der Waals surface area contributed by atoms with Gasteiger partial charge in [-0.25, -0.2) is 0 Å². The zero-order valence-corrected chi connectivity index (χ0v) is 11.8. The summed E-state index contributed by atoms with van der Waals surface area (Å²) in [4.78, 5) is 0.652. The summed E-state index contributed by atoms with van der Waals surface area (Å²) in [6.07, 6.45) is 0. The van der Waals surface area contributed by atoms with Crippen molar-refractivity contribution < 1.29 is 4.74 Å². The van der Waals surface area contributed by atoms with Crippen LogP contribution >= 0.6 is 23.8 Å². The van der Waals surface area contributed by atoms with E-state index < -0.39 is 0 Å². The summed E-state index contributed by atoms with van der Waals surface area (Å²) < 4.78 is 5.43. The second-order valence-corrected chi connectivity index (χ2v) is 4.46. The number of benzene rings is 1. The highest BCUT2D eigenvalue weighted by atomic mass is 35.5. The van der Waals surface area contributed by atoms with E-state index in [1.807, 2.05) is 20.8 Å². The summed E-state index contributed by atoms with van der Waals surface area (Å²) in [6.45, 7) is 5.93. The Morgan fingerprint density at radius 3 is 2.19 bits per heavy atom. The van der Waals surface area contributed by atoms with Gasteiger partial charge in [-0.05, 0) is 37.5 Å². The molecule has 0 aliphatic carbocycles. The molecule has 16 heavy (non-hydrogen) atoms. The first-order chi connectivity index (χ1) is 7.45. The zero-order valence-electron chi connectivity index (χ0n) is 10.2. The number of ether oxygens (including phenoxy) is 1. The summed E-state index contributed by atoms with van der Waals surface area (Å²) in [6, 6.07) is 0. The molecular weight excluding hydrogens is 242 g/mol. The molecule has 1 aromatic rings. The monoisotopic (exact) mass is 257 g/mol. The molecule has 0 heterocycles. The van der Waals surface area contributed by atoms with Crippen LogP contribution < -0.4 is 10.1 Å². The maximum Gasteiger partial charge on any atom is 0.132 e. The summed E-state index contributed by atoms with van der Waals surface area (Å²) in [7, 11) is 3.45. The van der Waals surface area contributed by atoms with Crippen molar-refractivity contribution in [2.45, 2.75) is 20.8 Å². The predicted octanol–water partition coefficient (Wildman–Crippen LogP) is 3.17. The fraction of sp³-hybridized carbons (Fsp3) is 0.417. The quantitative estimate of drug-likeness (QED) is 0.823. The minimum absolute atomic E-state index is 0.652. The van der Waals surface area contributed by atoms with Crippen LogP contribution in [-0.4, -0.2) is 19.1 Å². The van der Waals surface area contributed by atoms with E-state index in [9.17, 15) is 0 Å². The van der Waals surface area contributed by atoms with Gasteiger partial charge in [-0.2, -0.15) is 0 Å². The van der Waals surface area contributed by atoms with Gasteiger partial charge in [-0.3, -0.25) is 0 Å². The molecule has 1 rings (SSSR count). The minimum Gasteiger partial charge on any atom is -0.496 e. The van der Waals surface area contributed by atoms with Crippen LogP contribution in [0.3, 0.4) is 0 Å². The lowest BCUT2D eigenvalue weighted by atomic mass is 9.98. The highest BCUT2D eigenvalue weighted by molar-refractivity contribution is 7.80. The van der Waals surface area contributed by atoms with Crippen molar-refractivity contribution in [1.82, 2.24) is 5.32 Å². The summed E-state index contributed by atoms with van der Waals surface area (Å²) in [5.41, 5.74) is 3.92. The third-order valence-electron chi connectivity index (χ3n) is 2.82. The number of hydrogen-bond donors (Lipinski definition) is 1. The molecule has 0 aromatic heterocycles. The van der Waals surface area contributed by atoms with E-state index in [1.54, 1.807) is 14.2 Å². The average molecular weight is 258 g/mol. The summed E-state index contributed by atoms with van der Waals surface area (Å²) >= 11 is 11.6. The minimum atomic E-state index is 0.652. The second-order valence-electron chi connectivity index (χ2n) is 3.68. The number of nitrogens with one attached hydrogen (secondary N) is 1. The Morgan fingerprint density at radius 2 is 1.75 bits per heavy atom. The third kappa shape index (κ3) is 2.02. The Bertz CT molecular complexity index is 443. The maximum absolute atomic E-state index is 6.28. The van der Waals surface area contributed by atoms with Crippen LogP contribution in [0.25, 0.3) is 0 Å². The second kappa shape index (κ2) is 5.02. The first kappa shape index (κ1) is 13.3. The molecular formula is C12H16ClNOS. The molecule has 88 valence electrons. The lowest BCUT2D eigenvalue weighted by Gasteiger charge is -2.18. The standard InChI is InChI=1S/C12H16ClNOS/c1-6-7(2)11(15-5)9(12(16)14-4)8(3)10(6)13/h1-5H3,(H,14,16). The molecule has 0 fully saturated rings. The van der Waals surface area contributed by atoms with Gasteiger partial charge in [0.05, 0.1) is 12.7 Å². The molecule has 0 aliphatic rings. The van der Waals surface area contributed by atoms with Gasteiger partial charge in [0.2, 0.25) is 0 Å². The topological polar surface area (TPSA) is 21.3 Å². The lowest BCUT2D eigenvalue weighted by molar-refractivity contribution is 0.410. The lowest BCUT2D eigenvalue weighted by Crippen LogP contribution is -2.19. The third-order valence-corrected chi connectivity index (χ3v) is 3.80. The Balaban J connectivity index is 3.64. The largest absolute Gasteiger partial charge is 0.496 e. The molecule has 0 saturated carbocycles. The molecule has 1 N–H and O–H groups in total. The van der Waals surface area contributed by atoms with E-state index >= 15 is 0 Å². The van der Waals surface area contributed by atoms with E-state index in [0.29, 0.717) is 4.99 Å². The van der Waals surface area contributed by atoms with Gasteiger partial charge in [-0.15, -0.1) is 0 Å². The van der Waals surface area contributed by atoms with E-state index in [-0.39, 0.29) is 0 Å². The number of halogens is 1. The molecule has 0 aliphatic heterocycles. The van der Waals surface area contributed by atoms with E-state index in [2.05, 4.69) is 5.32 Å². The van der Waals surface area contributed by atoms with Crippen LogP contribution in [0.5, 0.6) is 5.75 Å². The van der Waals surface area contributed by atoms with Crippen LogP contribution in [0, 0.1) is 20.8 Å². The summed E-state index contributed by atoms with van der Waals surface area (Å²) in [5, 5.41) is 3.72. The van der Waals surface area contributed by atoms with Crippen LogP contribution in [0.15, 0.2) is 0 Å². The van der Waals surface area contributed by atoms with Crippen molar-refractivity contribution in [1.29, 1.82) is 0 Å². The van der Waals surface area contributed by atoms with Gasteiger partial charge in [-0.1, -0.05) is 23.8 Å². The maximum atomic E-state index is 6.28. The molecule has 0 radical (unpaired) electrons. The zero-order chi connectivity index (χ0) is 12.5. The fourth-order valence-corrected chi connectivity index (χ4v) is 2.22. The van der Waals surface area contributed by atoms with Gasteiger partial charge in [0.1, 0.15) is 10.7 Å². The Morgan fingerprint density at radius 1 is 1.19 bits per heavy atom. The van der Waals surface area contributed by atoms with Gasteiger partial charge < -0.3 is 10.1 Å². The molecule has 0 saturated heterocycles. The van der Waals surface area contributed by atoms with Gasteiger partial charge >= 0.3 is 0 Å². The van der Waals surface area contributed by atoms with E-state index in [4.69, 9.17) is 28.6 Å². The molecule has 0 spiro atoms. The van der Waals surface area contributed by atoms with Crippen molar-refractivity contribution in [2.24, 2.45) is 0 Å². The fourth-order valence-electron chi connectivity index (χ4n) is 1.74. The van der Waals surface area contributed by atoms with Crippen molar-refractivity contribution in [3.05, 3.63) is 27.3 Å². The predicted molar refractivity (Wildman–Crippen MR) is 73.0 cm³/mol. The number of thiocarbonyl (C=S) groups is 1. The molecule has 4 heteroatoms. The number of rotatable bonds is 2. The smallest absolute Gasteiger partial charge is 0.132 e. The molecule has 2 nitrogen and oxygen atoms in total. The Hall–Kier alpha value is -0.800. The molecule has 1 aromatic carbocycles. The van der Waals surface area contributed by atoms with E-state index in [0.717, 1.165) is 33.0 Å².